The van der Waals surface area contributed by atoms with Crippen molar-refractivity contribution in [3.8, 4) is 11.5 Å². The maximum absolute atomic E-state index is 11.9. The van der Waals surface area contributed by atoms with Crippen molar-refractivity contribution in [3.05, 3.63) is 23.8 Å². The topological polar surface area (TPSA) is 35.5 Å². The van der Waals surface area contributed by atoms with Gasteiger partial charge in [-0.2, -0.15) is 13.2 Å². The number of halogens is 3. The summed E-state index contributed by atoms with van der Waals surface area (Å²) < 4.78 is 45.8. The SMILES string of the molecule is COc1cc(C=O)cc(OCCCC(F)(F)F)c1. The van der Waals surface area contributed by atoms with Crippen LogP contribution >= 0.6 is 0 Å². The molecule has 0 fully saturated rings. The van der Waals surface area contributed by atoms with Crippen LogP contribution in [-0.4, -0.2) is 26.2 Å². The van der Waals surface area contributed by atoms with Crippen LogP contribution in [0.4, 0.5) is 13.2 Å². The van der Waals surface area contributed by atoms with Gasteiger partial charge in [0, 0.05) is 18.1 Å². The molecule has 0 aliphatic rings. The molecule has 3 nitrogen and oxygen atoms in total. The maximum Gasteiger partial charge on any atom is 0.389 e. The molecule has 1 aromatic carbocycles. The Hall–Kier alpha value is -1.72. The number of hydrogen-bond acceptors (Lipinski definition) is 3. The van der Waals surface area contributed by atoms with Gasteiger partial charge in [0.15, 0.2) is 0 Å². The molecule has 0 saturated heterocycles. The summed E-state index contributed by atoms with van der Waals surface area (Å²) in [6, 6.07) is 4.47. The van der Waals surface area contributed by atoms with E-state index in [1.807, 2.05) is 0 Å². The van der Waals surface area contributed by atoms with E-state index in [2.05, 4.69) is 0 Å². The van der Waals surface area contributed by atoms with E-state index in [1.165, 1.54) is 25.3 Å². The standard InChI is InChI=1S/C12H13F3O3/c1-17-10-5-9(8-16)6-11(7-10)18-4-2-3-12(13,14)15/h5-8H,2-4H2,1H3. The third kappa shape index (κ3) is 5.07. The van der Waals surface area contributed by atoms with Crippen molar-refractivity contribution >= 4 is 6.29 Å². The average molecular weight is 262 g/mol. The van der Waals surface area contributed by atoms with Crippen LogP contribution in [-0.2, 0) is 0 Å². The molecule has 0 radical (unpaired) electrons. The van der Waals surface area contributed by atoms with Crippen LogP contribution < -0.4 is 9.47 Å². The van der Waals surface area contributed by atoms with Gasteiger partial charge in [-0.15, -0.1) is 0 Å². The summed E-state index contributed by atoms with van der Waals surface area (Å²) in [7, 11) is 1.43. The molecule has 0 unspecified atom stereocenters. The van der Waals surface area contributed by atoms with Gasteiger partial charge in [-0.05, 0) is 18.6 Å². The van der Waals surface area contributed by atoms with Crippen LogP contribution in [0.15, 0.2) is 18.2 Å². The molecular weight excluding hydrogens is 249 g/mol. The predicted molar refractivity (Wildman–Crippen MR) is 59.2 cm³/mol. The van der Waals surface area contributed by atoms with Gasteiger partial charge in [-0.3, -0.25) is 4.79 Å². The van der Waals surface area contributed by atoms with Gasteiger partial charge in [0.1, 0.15) is 17.8 Å². The Bertz CT molecular complexity index is 402. The zero-order chi connectivity index (χ0) is 13.6. The van der Waals surface area contributed by atoms with E-state index in [-0.39, 0.29) is 13.0 Å². The maximum atomic E-state index is 11.9. The van der Waals surface area contributed by atoms with Crippen molar-refractivity contribution in [1.82, 2.24) is 0 Å². The summed E-state index contributed by atoms with van der Waals surface area (Å²) >= 11 is 0. The Labute approximate surface area is 103 Å². The van der Waals surface area contributed by atoms with Gasteiger partial charge < -0.3 is 9.47 Å². The molecule has 0 aliphatic heterocycles. The number of hydrogen-bond donors (Lipinski definition) is 0. The lowest BCUT2D eigenvalue weighted by atomic mass is 10.2. The molecule has 18 heavy (non-hydrogen) atoms. The first-order valence-corrected chi connectivity index (χ1v) is 5.28. The van der Waals surface area contributed by atoms with Gasteiger partial charge in [0.25, 0.3) is 0 Å². The molecule has 0 aliphatic carbocycles. The molecule has 6 heteroatoms. The highest BCUT2D eigenvalue weighted by Gasteiger charge is 2.26. The Morgan fingerprint density at radius 3 is 2.44 bits per heavy atom. The number of aldehydes is 1. The number of alkyl halides is 3. The van der Waals surface area contributed by atoms with Crippen LogP contribution in [0.25, 0.3) is 0 Å². The molecule has 1 aromatic rings. The predicted octanol–water partition coefficient (Wildman–Crippen LogP) is 3.23. The molecule has 0 atom stereocenters. The summed E-state index contributed by atoms with van der Waals surface area (Å²) in [4.78, 5) is 10.6. The van der Waals surface area contributed by atoms with Crippen molar-refractivity contribution in [1.29, 1.82) is 0 Å². The number of carbonyl (C=O) groups is 1. The minimum absolute atomic E-state index is 0.0645. The molecule has 0 aromatic heterocycles. The van der Waals surface area contributed by atoms with Crippen LogP contribution in [0.1, 0.15) is 23.2 Å². The zero-order valence-corrected chi connectivity index (χ0v) is 9.79. The Morgan fingerprint density at radius 1 is 1.22 bits per heavy atom. The Kier molecular flexibility index (Phi) is 5.00. The molecule has 0 bridgehead atoms. The molecule has 0 amide bonds. The van der Waals surface area contributed by atoms with Gasteiger partial charge in [0.05, 0.1) is 13.7 Å². The second-order valence-electron chi connectivity index (χ2n) is 3.63. The van der Waals surface area contributed by atoms with E-state index in [0.717, 1.165) is 0 Å². The van der Waals surface area contributed by atoms with Crippen molar-refractivity contribution < 1.29 is 27.4 Å². The fourth-order valence-corrected chi connectivity index (χ4v) is 1.33. The lowest BCUT2D eigenvalue weighted by Gasteiger charge is -2.10. The molecular formula is C12H13F3O3. The second-order valence-corrected chi connectivity index (χ2v) is 3.63. The van der Waals surface area contributed by atoms with Crippen LogP contribution in [0.5, 0.6) is 11.5 Å². The van der Waals surface area contributed by atoms with Crippen molar-refractivity contribution in [2.75, 3.05) is 13.7 Å². The zero-order valence-electron chi connectivity index (χ0n) is 9.79. The third-order valence-corrected chi connectivity index (χ3v) is 2.15. The molecule has 0 N–H and O–H groups in total. The molecule has 1 rings (SSSR count). The molecule has 0 spiro atoms. The molecule has 0 saturated carbocycles. The van der Waals surface area contributed by atoms with Gasteiger partial charge in [-0.1, -0.05) is 0 Å². The quantitative estimate of drug-likeness (QED) is 0.583. The van der Waals surface area contributed by atoms with Crippen LogP contribution in [0.3, 0.4) is 0 Å². The van der Waals surface area contributed by atoms with E-state index in [4.69, 9.17) is 9.47 Å². The first-order valence-electron chi connectivity index (χ1n) is 5.28. The number of carbonyl (C=O) groups excluding carboxylic acids is 1. The Morgan fingerprint density at radius 2 is 1.89 bits per heavy atom. The highest BCUT2D eigenvalue weighted by molar-refractivity contribution is 5.76. The second kappa shape index (κ2) is 6.28. The Balaban J connectivity index is 2.53. The minimum Gasteiger partial charge on any atom is -0.497 e. The molecule has 100 valence electrons. The van der Waals surface area contributed by atoms with Gasteiger partial charge >= 0.3 is 6.18 Å². The first kappa shape index (κ1) is 14.3. The highest BCUT2D eigenvalue weighted by atomic mass is 19.4. The first-order chi connectivity index (χ1) is 8.44. The van der Waals surface area contributed by atoms with E-state index in [1.54, 1.807) is 0 Å². The highest BCUT2D eigenvalue weighted by Crippen LogP contribution is 2.24. The summed E-state index contributed by atoms with van der Waals surface area (Å²) in [6.45, 7) is -0.0645. The third-order valence-electron chi connectivity index (χ3n) is 2.15. The van der Waals surface area contributed by atoms with Crippen molar-refractivity contribution in [2.45, 2.75) is 19.0 Å². The monoisotopic (exact) mass is 262 g/mol. The summed E-state index contributed by atoms with van der Waals surface area (Å²) in [6.07, 6.45) is -4.58. The van der Waals surface area contributed by atoms with Crippen LogP contribution in [0.2, 0.25) is 0 Å². The van der Waals surface area contributed by atoms with Gasteiger partial charge in [0.2, 0.25) is 0 Å². The fraction of sp³-hybridized carbons (Fsp3) is 0.417. The lowest BCUT2D eigenvalue weighted by Crippen LogP contribution is -2.09. The lowest BCUT2D eigenvalue weighted by molar-refractivity contribution is -0.136. The van der Waals surface area contributed by atoms with E-state index < -0.39 is 12.6 Å². The van der Waals surface area contributed by atoms with E-state index in [0.29, 0.717) is 23.3 Å². The number of rotatable bonds is 6. The largest absolute Gasteiger partial charge is 0.497 e. The normalized spacial score (nSPS) is 11.1. The van der Waals surface area contributed by atoms with Crippen molar-refractivity contribution in [2.24, 2.45) is 0 Å². The molecule has 0 heterocycles. The number of benzene rings is 1. The minimum atomic E-state index is -4.17. The summed E-state index contributed by atoms with van der Waals surface area (Å²) in [5.41, 5.74) is 0.347. The van der Waals surface area contributed by atoms with E-state index in [9.17, 15) is 18.0 Å². The average Bonchev–Trinajstić information content (AvgIpc) is 2.33. The van der Waals surface area contributed by atoms with E-state index >= 15 is 0 Å². The van der Waals surface area contributed by atoms with Crippen LogP contribution in [0, 0.1) is 0 Å². The van der Waals surface area contributed by atoms with Crippen molar-refractivity contribution in [3.63, 3.8) is 0 Å². The fourth-order valence-electron chi connectivity index (χ4n) is 1.33. The van der Waals surface area contributed by atoms with Gasteiger partial charge in [-0.25, -0.2) is 0 Å². The number of ether oxygens (including phenoxy) is 2. The summed E-state index contributed by atoms with van der Waals surface area (Å²) in [5, 5.41) is 0. The summed E-state index contributed by atoms with van der Waals surface area (Å²) in [5.74, 6) is 0.740. The number of methoxy groups -OCH3 is 1. The smallest absolute Gasteiger partial charge is 0.389 e.